The van der Waals surface area contributed by atoms with Gasteiger partial charge < -0.3 is 9.66 Å². The molecule has 0 bridgehead atoms. The molecule has 0 amide bonds. The molecule has 0 heterocycles. The van der Waals surface area contributed by atoms with Gasteiger partial charge >= 0.3 is 5.97 Å². The molecule has 2 unspecified atom stereocenters. The van der Waals surface area contributed by atoms with Gasteiger partial charge in [-0.3, -0.25) is 4.89 Å². The number of carbonyl (C=O) groups is 1. The van der Waals surface area contributed by atoms with Crippen LogP contribution in [0.1, 0.15) is 20.8 Å². The Bertz CT molecular complexity index is 245. The van der Waals surface area contributed by atoms with Crippen molar-refractivity contribution in [3.05, 3.63) is 0 Å². The Hall–Kier alpha value is -0.540. The van der Waals surface area contributed by atoms with Gasteiger partial charge in [-0.25, -0.2) is 14.3 Å². The van der Waals surface area contributed by atoms with Gasteiger partial charge in [0.15, 0.2) is 11.1 Å². The molecule has 0 aromatic rings. The highest BCUT2D eigenvalue weighted by Gasteiger charge is 2.55. The van der Waals surface area contributed by atoms with Crippen molar-refractivity contribution in [2.45, 2.75) is 25.7 Å². The van der Waals surface area contributed by atoms with Gasteiger partial charge in [0.1, 0.15) is 0 Å². The van der Waals surface area contributed by atoms with Crippen LogP contribution in [0.15, 0.2) is 0 Å². The van der Waals surface area contributed by atoms with Crippen molar-refractivity contribution in [2.24, 2.45) is 5.41 Å². The van der Waals surface area contributed by atoms with E-state index in [4.69, 9.17) is 9.81 Å². The lowest BCUT2D eigenvalue weighted by Crippen LogP contribution is -2.54. The molecule has 0 aliphatic rings. The molecule has 84 valence electrons. The minimum absolute atomic E-state index is 1.26. The first-order valence-electron chi connectivity index (χ1n) is 3.53. The van der Waals surface area contributed by atoms with E-state index >= 15 is 0 Å². The molecule has 3 N–H and O–H groups in total. The maximum absolute atomic E-state index is 11.0. The molecule has 0 fully saturated rings. The minimum atomic E-state index is -2.88. The lowest BCUT2D eigenvalue weighted by atomic mass is 9.88. The van der Waals surface area contributed by atoms with E-state index in [9.17, 15) is 14.1 Å². The van der Waals surface area contributed by atoms with Crippen molar-refractivity contribution in [3.8, 4) is 0 Å². The summed E-state index contributed by atoms with van der Waals surface area (Å²) >= 11 is -2.88. The lowest BCUT2D eigenvalue weighted by molar-refractivity contribution is -0.465. The molecule has 0 aliphatic heterocycles. The second-order valence-electron chi connectivity index (χ2n) is 3.59. The Labute approximate surface area is 82.8 Å². The summed E-state index contributed by atoms with van der Waals surface area (Å²) in [6.45, 7) is 4.04. The first kappa shape index (κ1) is 13.5. The number of hydrogen-bond acceptors (Lipinski definition) is 6. The Balaban J connectivity index is 5.12. The molecule has 0 aromatic heterocycles. The number of aliphatic hydroxyl groups is 1. The van der Waals surface area contributed by atoms with E-state index in [-0.39, 0.29) is 0 Å². The van der Waals surface area contributed by atoms with Crippen molar-refractivity contribution in [2.75, 3.05) is 0 Å². The molecule has 2 atom stereocenters. The van der Waals surface area contributed by atoms with Crippen LogP contribution in [-0.4, -0.2) is 30.0 Å². The Kier molecular flexibility index (Phi) is 4.15. The molecule has 14 heavy (non-hydrogen) atoms. The third-order valence-electron chi connectivity index (χ3n) is 1.66. The molecule has 7 nitrogen and oxygen atoms in total. The summed E-state index contributed by atoms with van der Waals surface area (Å²) in [6, 6.07) is 0. The standard InChI is InChI=1S/C6H12O7S/c1-5(2,3)6(8,14(10)11)4(7)12-13-9/h8-9H,1-3H3,(H,10,11). The molecule has 0 radical (unpaired) electrons. The van der Waals surface area contributed by atoms with Crippen LogP contribution in [0.3, 0.4) is 0 Å². The smallest absolute Gasteiger partial charge is 0.365 e. The first-order chi connectivity index (χ1) is 6.17. The molecule has 0 aromatic carbocycles. The third kappa shape index (κ3) is 2.28. The molecule has 0 spiro atoms. The highest BCUT2D eigenvalue weighted by Crippen LogP contribution is 2.33. The van der Waals surface area contributed by atoms with Crippen LogP contribution < -0.4 is 0 Å². The fourth-order valence-electron chi connectivity index (χ4n) is 0.730. The van der Waals surface area contributed by atoms with Gasteiger partial charge in [0.2, 0.25) is 0 Å². The fourth-order valence-corrected chi connectivity index (χ4v) is 1.43. The van der Waals surface area contributed by atoms with Gasteiger partial charge in [-0.1, -0.05) is 20.8 Å². The minimum Gasteiger partial charge on any atom is -0.365 e. The topological polar surface area (TPSA) is 113 Å². The van der Waals surface area contributed by atoms with E-state index in [1.165, 1.54) is 20.8 Å². The number of hydrogen-bond donors (Lipinski definition) is 3. The maximum Gasteiger partial charge on any atom is 0.392 e. The average molecular weight is 228 g/mol. The van der Waals surface area contributed by atoms with Crippen LogP contribution >= 0.6 is 0 Å². The summed E-state index contributed by atoms with van der Waals surface area (Å²) in [4.78, 5) is 12.0. The van der Waals surface area contributed by atoms with Gasteiger partial charge in [-0.05, 0) is 5.04 Å². The monoisotopic (exact) mass is 228 g/mol. The quantitative estimate of drug-likeness (QED) is 0.351. The van der Waals surface area contributed by atoms with Crippen LogP contribution in [0.25, 0.3) is 0 Å². The predicted octanol–water partition coefficient (Wildman–Crippen LogP) is -0.109. The molecule has 8 heteroatoms. The fraction of sp³-hybridized carbons (Fsp3) is 0.833. The number of carbonyl (C=O) groups excluding carboxylic acids is 1. The molecular formula is C6H12O7S. The van der Waals surface area contributed by atoms with Crippen molar-refractivity contribution in [1.29, 1.82) is 0 Å². The predicted molar refractivity (Wildman–Crippen MR) is 45.0 cm³/mol. The van der Waals surface area contributed by atoms with Crippen LogP contribution in [0.5, 0.6) is 0 Å². The first-order valence-corrected chi connectivity index (χ1v) is 4.64. The van der Waals surface area contributed by atoms with Crippen molar-refractivity contribution >= 4 is 17.0 Å². The van der Waals surface area contributed by atoms with Gasteiger partial charge in [0, 0.05) is 5.41 Å². The Morgan fingerprint density at radius 3 is 2.00 bits per heavy atom. The summed E-state index contributed by atoms with van der Waals surface area (Å²) in [5.74, 6) is -1.55. The van der Waals surface area contributed by atoms with Crippen LogP contribution in [0.2, 0.25) is 0 Å². The highest BCUT2D eigenvalue weighted by molar-refractivity contribution is 7.81. The summed E-state index contributed by atoms with van der Waals surface area (Å²) in [7, 11) is 0. The summed E-state index contributed by atoms with van der Waals surface area (Å²) < 4.78 is 19.6. The van der Waals surface area contributed by atoms with Gasteiger partial charge in [0.25, 0.3) is 4.93 Å². The molecule has 0 aliphatic carbocycles. The Morgan fingerprint density at radius 2 is 1.79 bits per heavy atom. The van der Waals surface area contributed by atoms with E-state index < -0.39 is 27.4 Å². The molecule has 0 saturated carbocycles. The van der Waals surface area contributed by atoms with Gasteiger partial charge in [0.05, 0.1) is 0 Å². The van der Waals surface area contributed by atoms with Crippen LogP contribution in [-0.2, 0) is 25.8 Å². The largest absolute Gasteiger partial charge is 0.392 e. The normalized spacial score (nSPS) is 18.4. The molecule has 0 rings (SSSR count). The second-order valence-corrected chi connectivity index (χ2v) is 4.68. The van der Waals surface area contributed by atoms with E-state index in [0.717, 1.165) is 0 Å². The summed E-state index contributed by atoms with van der Waals surface area (Å²) in [6.07, 6.45) is 0. The average Bonchev–Trinajstić information content (AvgIpc) is 2.00. The van der Waals surface area contributed by atoms with E-state index in [2.05, 4.69) is 9.93 Å². The van der Waals surface area contributed by atoms with E-state index in [0.29, 0.717) is 0 Å². The van der Waals surface area contributed by atoms with Gasteiger partial charge in [-0.15, -0.1) is 0 Å². The Morgan fingerprint density at radius 1 is 1.36 bits per heavy atom. The second kappa shape index (κ2) is 4.32. The summed E-state index contributed by atoms with van der Waals surface area (Å²) in [5.41, 5.74) is -1.26. The highest BCUT2D eigenvalue weighted by atomic mass is 32.2. The van der Waals surface area contributed by atoms with Crippen LogP contribution in [0.4, 0.5) is 0 Å². The van der Waals surface area contributed by atoms with Crippen molar-refractivity contribution in [1.82, 2.24) is 0 Å². The van der Waals surface area contributed by atoms with E-state index in [1.807, 2.05) is 0 Å². The van der Waals surface area contributed by atoms with Crippen molar-refractivity contribution in [3.63, 3.8) is 0 Å². The zero-order chi connectivity index (χ0) is 11.6. The lowest BCUT2D eigenvalue weighted by Gasteiger charge is -2.32. The zero-order valence-corrected chi connectivity index (χ0v) is 8.70. The zero-order valence-electron chi connectivity index (χ0n) is 7.88. The van der Waals surface area contributed by atoms with Gasteiger partial charge in [-0.2, -0.15) is 0 Å². The molecule has 0 saturated heterocycles. The van der Waals surface area contributed by atoms with Crippen molar-refractivity contribution < 1.29 is 33.8 Å². The number of rotatable bonds is 3. The molecular weight excluding hydrogens is 216 g/mol. The summed E-state index contributed by atoms with van der Waals surface area (Å²) in [5, 5.41) is 20.5. The van der Waals surface area contributed by atoms with Crippen LogP contribution in [0, 0.1) is 5.41 Å². The third-order valence-corrected chi connectivity index (χ3v) is 2.94. The maximum atomic E-state index is 11.0. The van der Waals surface area contributed by atoms with E-state index in [1.54, 1.807) is 0 Å². The SMILES string of the molecule is CC(C)(C)C(O)(C(=O)OOO)S(=O)O.